The van der Waals surface area contributed by atoms with Gasteiger partial charge in [0.1, 0.15) is 5.82 Å². The second-order valence-electron chi connectivity index (χ2n) is 6.79. The fourth-order valence-electron chi connectivity index (χ4n) is 3.18. The van der Waals surface area contributed by atoms with Crippen molar-refractivity contribution in [2.75, 3.05) is 5.32 Å². The van der Waals surface area contributed by atoms with Crippen LogP contribution in [0.25, 0.3) is 28.4 Å². The highest BCUT2D eigenvalue weighted by Crippen LogP contribution is 2.25. The van der Waals surface area contributed by atoms with Gasteiger partial charge < -0.3 is 9.73 Å². The molecule has 0 atom stereocenters. The molecule has 0 amide bonds. The molecular formula is C23H17FN6O. The highest BCUT2D eigenvalue weighted by Gasteiger charge is 2.14. The highest BCUT2D eigenvalue weighted by molar-refractivity contribution is 5.63. The summed E-state index contributed by atoms with van der Waals surface area (Å²) in [5.41, 5.74) is 4.18. The number of benzene rings is 2. The monoisotopic (exact) mass is 412 g/mol. The van der Waals surface area contributed by atoms with Crippen LogP contribution in [0.15, 0.2) is 89.7 Å². The Kier molecular flexibility index (Phi) is 4.94. The first-order valence-corrected chi connectivity index (χ1v) is 9.64. The second kappa shape index (κ2) is 8.19. The second-order valence-corrected chi connectivity index (χ2v) is 6.79. The fourth-order valence-corrected chi connectivity index (χ4v) is 3.18. The summed E-state index contributed by atoms with van der Waals surface area (Å²) in [5.74, 6) is 0.115. The summed E-state index contributed by atoms with van der Waals surface area (Å²) < 4.78 is 20.9. The Hall–Kier alpha value is -4.33. The van der Waals surface area contributed by atoms with Crippen LogP contribution in [0.5, 0.6) is 0 Å². The lowest BCUT2D eigenvalue weighted by Gasteiger charge is -2.03. The number of hydrogen-bond acceptors (Lipinski definition) is 6. The molecule has 3 heterocycles. The zero-order chi connectivity index (χ0) is 21.0. The van der Waals surface area contributed by atoms with Crippen LogP contribution in [0.4, 0.5) is 10.4 Å². The third kappa shape index (κ3) is 4.04. The van der Waals surface area contributed by atoms with Crippen molar-refractivity contribution in [1.29, 1.82) is 0 Å². The minimum absolute atomic E-state index is 0.291. The van der Waals surface area contributed by atoms with E-state index in [9.17, 15) is 4.39 Å². The minimum Gasteiger partial charge on any atom is -0.403 e. The van der Waals surface area contributed by atoms with Gasteiger partial charge in [-0.1, -0.05) is 23.3 Å². The molecule has 0 unspecified atom stereocenters. The molecule has 1 N–H and O–H groups in total. The molecule has 2 aromatic carbocycles. The van der Waals surface area contributed by atoms with E-state index in [2.05, 4.69) is 20.5 Å². The fraction of sp³-hybridized carbons (Fsp3) is 0.0435. The molecule has 0 spiro atoms. The number of aromatic nitrogens is 5. The van der Waals surface area contributed by atoms with Crippen LogP contribution in [-0.4, -0.2) is 25.0 Å². The lowest BCUT2D eigenvalue weighted by Crippen LogP contribution is -2.00. The quantitative estimate of drug-likeness (QED) is 0.434. The maximum absolute atomic E-state index is 13.4. The topological polar surface area (TPSA) is 81.7 Å². The van der Waals surface area contributed by atoms with Crippen molar-refractivity contribution in [3.63, 3.8) is 0 Å². The third-order valence-electron chi connectivity index (χ3n) is 4.71. The number of para-hydroxylation sites is 1. The Morgan fingerprint density at radius 2 is 1.65 bits per heavy atom. The Labute approximate surface area is 177 Å². The molecule has 0 radical (unpaired) electrons. The van der Waals surface area contributed by atoms with Gasteiger partial charge in [-0.05, 0) is 48.5 Å². The van der Waals surface area contributed by atoms with Crippen LogP contribution < -0.4 is 5.32 Å². The molecule has 8 heteroatoms. The van der Waals surface area contributed by atoms with Crippen LogP contribution in [0.3, 0.4) is 0 Å². The Morgan fingerprint density at radius 1 is 0.871 bits per heavy atom. The van der Waals surface area contributed by atoms with Gasteiger partial charge in [0.05, 0.1) is 11.4 Å². The van der Waals surface area contributed by atoms with Gasteiger partial charge in [0.2, 0.25) is 5.89 Å². The van der Waals surface area contributed by atoms with Crippen molar-refractivity contribution in [1.82, 2.24) is 25.0 Å². The average Bonchev–Trinajstić information content (AvgIpc) is 3.47. The molecule has 0 saturated carbocycles. The van der Waals surface area contributed by atoms with Crippen LogP contribution in [0, 0.1) is 5.82 Å². The molecule has 152 valence electrons. The molecule has 0 fully saturated rings. The molecule has 5 aromatic rings. The van der Waals surface area contributed by atoms with Gasteiger partial charge in [0.25, 0.3) is 0 Å². The maximum atomic E-state index is 13.4. The number of nitrogens with one attached hydrogen (secondary N) is 1. The van der Waals surface area contributed by atoms with Crippen molar-refractivity contribution in [3.05, 3.63) is 96.7 Å². The number of hydrogen-bond donors (Lipinski definition) is 1. The zero-order valence-electron chi connectivity index (χ0n) is 16.3. The van der Waals surface area contributed by atoms with E-state index in [4.69, 9.17) is 9.52 Å². The van der Waals surface area contributed by atoms with E-state index in [0.717, 1.165) is 28.1 Å². The standard InChI is InChI=1S/C23H17FN6O/c24-19-8-6-16(7-9-19)21-18(15-30(29-21)20-4-2-1-3-5-20)14-26-23-28-27-22(31-23)17-10-12-25-13-11-17/h1-13,15H,14H2,(H,26,28). The third-order valence-corrected chi connectivity index (χ3v) is 4.71. The van der Waals surface area contributed by atoms with Gasteiger partial charge in [-0.2, -0.15) is 5.10 Å². The predicted octanol–water partition coefficient (Wildman–Crippen LogP) is 4.74. The van der Waals surface area contributed by atoms with Crippen molar-refractivity contribution < 1.29 is 8.81 Å². The lowest BCUT2D eigenvalue weighted by molar-refractivity contribution is 0.581. The lowest BCUT2D eigenvalue weighted by atomic mass is 10.1. The number of pyridine rings is 1. The molecular weight excluding hydrogens is 395 g/mol. The Bertz CT molecular complexity index is 1280. The molecule has 0 aliphatic rings. The summed E-state index contributed by atoms with van der Waals surface area (Å²) in [6.45, 7) is 0.400. The first-order valence-electron chi connectivity index (χ1n) is 9.64. The van der Waals surface area contributed by atoms with Gasteiger partial charge in [-0.25, -0.2) is 9.07 Å². The predicted molar refractivity (Wildman–Crippen MR) is 114 cm³/mol. The largest absolute Gasteiger partial charge is 0.403 e. The van der Waals surface area contributed by atoms with E-state index in [1.54, 1.807) is 41.3 Å². The summed E-state index contributed by atoms with van der Waals surface area (Å²) in [4.78, 5) is 3.99. The SMILES string of the molecule is Fc1ccc(-c2nn(-c3ccccc3)cc2CNc2nnc(-c3ccncc3)o2)cc1. The highest BCUT2D eigenvalue weighted by atomic mass is 19.1. The molecule has 7 nitrogen and oxygen atoms in total. The van der Waals surface area contributed by atoms with E-state index >= 15 is 0 Å². The Morgan fingerprint density at radius 3 is 2.42 bits per heavy atom. The summed E-state index contributed by atoms with van der Waals surface area (Å²) >= 11 is 0. The molecule has 0 saturated heterocycles. The summed E-state index contributed by atoms with van der Waals surface area (Å²) in [6, 6.07) is 20.0. The molecule has 5 rings (SSSR count). The van der Waals surface area contributed by atoms with Gasteiger partial charge in [-0.3, -0.25) is 4.98 Å². The molecule has 31 heavy (non-hydrogen) atoms. The van der Waals surface area contributed by atoms with Crippen LogP contribution >= 0.6 is 0 Å². The smallest absolute Gasteiger partial charge is 0.316 e. The Balaban J connectivity index is 1.43. The number of halogens is 1. The number of nitrogens with zero attached hydrogens (tertiary/aromatic N) is 5. The molecule has 0 aliphatic carbocycles. The van der Waals surface area contributed by atoms with Crippen LogP contribution in [0.2, 0.25) is 0 Å². The molecule has 0 aliphatic heterocycles. The van der Waals surface area contributed by atoms with Gasteiger partial charge >= 0.3 is 6.01 Å². The maximum Gasteiger partial charge on any atom is 0.316 e. The van der Waals surface area contributed by atoms with Crippen LogP contribution in [-0.2, 0) is 6.54 Å². The van der Waals surface area contributed by atoms with Gasteiger partial charge in [-0.15, -0.1) is 5.10 Å². The first kappa shape index (κ1) is 18.7. The summed E-state index contributed by atoms with van der Waals surface area (Å²) in [7, 11) is 0. The van der Waals surface area contributed by atoms with Gasteiger partial charge in [0.15, 0.2) is 0 Å². The normalized spacial score (nSPS) is 10.9. The number of anilines is 1. The van der Waals surface area contributed by atoms with Crippen molar-refractivity contribution in [2.24, 2.45) is 0 Å². The molecule has 3 aromatic heterocycles. The van der Waals surface area contributed by atoms with Crippen LogP contribution in [0.1, 0.15) is 5.56 Å². The van der Waals surface area contributed by atoms with Crippen molar-refractivity contribution >= 4 is 6.01 Å². The van der Waals surface area contributed by atoms with E-state index in [-0.39, 0.29) is 5.82 Å². The van der Waals surface area contributed by atoms with E-state index in [1.807, 2.05) is 36.5 Å². The minimum atomic E-state index is -0.291. The van der Waals surface area contributed by atoms with Gasteiger partial charge in [0, 0.05) is 41.8 Å². The number of rotatable bonds is 6. The van der Waals surface area contributed by atoms with Crippen molar-refractivity contribution in [3.8, 4) is 28.4 Å². The van der Waals surface area contributed by atoms with E-state index in [1.165, 1.54) is 12.1 Å². The van der Waals surface area contributed by atoms with E-state index < -0.39 is 0 Å². The first-order chi connectivity index (χ1) is 15.3. The van der Waals surface area contributed by atoms with Crippen molar-refractivity contribution in [2.45, 2.75) is 6.54 Å². The molecule has 0 bridgehead atoms. The van der Waals surface area contributed by atoms with E-state index in [0.29, 0.717) is 18.5 Å². The summed E-state index contributed by atoms with van der Waals surface area (Å²) in [6.07, 6.45) is 5.26. The summed E-state index contributed by atoms with van der Waals surface area (Å²) in [5, 5.41) is 16.0. The zero-order valence-corrected chi connectivity index (χ0v) is 16.3. The average molecular weight is 412 g/mol.